The zero-order valence-electron chi connectivity index (χ0n) is 16.9. The van der Waals surface area contributed by atoms with Crippen molar-refractivity contribution in [2.24, 2.45) is 4.99 Å². The third-order valence-electron chi connectivity index (χ3n) is 4.92. The monoisotopic (exact) mass is 412 g/mol. The second-order valence-corrected chi connectivity index (χ2v) is 7.07. The van der Waals surface area contributed by atoms with Gasteiger partial charge in [-0.25, -0.2) is 4.99 Å². The Labute approximate surface area is 170 Å². The number of likely N-dealkylation sites (tertiary alicyclic amines) is 1. The minimum Gasteiger partial charge on any atom is -0.454 e. The van der Waals surface area contributed by atoms with E-state index in [1.54, 1.807) is 6.07 Å². The topological polar surface area (TPSA) is 67.4 Å². The van der Waals surface area contributed by atoms with Crippen molar-refractivity contribution in [3.05, 3.63) is 17.7 Å². The summed E-state index contributed by atoms with van der Waals surface area (Å²) in [5.74, 6) is 1.61. The van der Waals surface area contributed by atoms with E-state index in [1.165, 1.54) is 32.0 Å². The average molecular weight is 412 g/mol. The van der Waals surface area contributed by atoms with Crippen molar-refractivity contribution in [2.45, 2.75) is 45.8 Å². The average Bonchev–Trinajstić information content (AvgIpc) is 3.36. The highest BCUT2D eigenvalue weighted by Gasteiger charge is 2.20. The number of hydrogen-bond acceptors (Lipinski definition) is 5. The molecule has 1 saturated heterocycles. The molecule has 0 atom stereocenters. The molecule has 0 bridgehead atoms. The molecule has 162 valence electrons. The first-order valence-corrected chi connectivity index (χ1v) is 10.3. The molecule has 0 amide bonds. The van der Waals surface area contributed by atoms with E-state index in [-0.39, 0.29) is 19.1 Å². The molecule has 1 aromatic carbocycles. The number of hydrogen-bond donors (Lipinski definition) is 2. The molecule has 2 aliphatic heterocycles. The Kier molecular flexibility index (Phi) is 8.15. The quantitative estimate of drug-likeness (QED) is 0.350. The molecule has 0 spiro atoms. The molecule has 7 nitrogen and oxygen atoms in total. The van der Waals surface area contributed by atoms with Gasteiger partial charge in [0.2, 0.25) is 6.79 Å². The summed E-state index contributed by atoms with van der Waals surface area (Å²) in [5, 5.41) is 6.49. The van der Waals surface area contributed by atoms with E-state index in [9.17, 15) is 8.78 Å². The Morgan fingerprint density at radius 2 is 1.93 bits per heavy atom. The van der Waals surface area contributed by atoms with Crippen LogP contribution >= 0.6 is 0 Å². The summed E-state index contributed by atoms with van der Waals surface area (Å²) in [6, 6.07) is 3.07. The summed E-state index contributed by atoms with van der Waals surface area (Å²) >= 11 is 0. The molecule has 2 N–H and O–H groups in total. The van der Waals surface area contributed by atoms with Crippen molar-refractivity contribution in [1.82, 2.24) is 15.5 Å². The number of benzene rings is 1. The summed E-state index contributed by atoms with van der Waals surface area (Å²) in [6.45, 7) is 4.41. The molecule has 0 radical (unpaired) electrons. The normalized spacial score (nSPS) is 16.5. The third-order valence-corrected chi connectivity index (χ3v) is 4.92. The van der Waals surface area contributed by atoms with Gasteiger partial charge in [-0.1, -0.05) is 0 Å². The smallest absolute Gasteiger partial charge is 0.387 e. The Morgan fingerprint density at radius 1 is 1.17 bits per heavy atom. The van der Waals surface area contributed by atoms with Gasteiger partial charge < -0.3 is 29.7 Å². The number of nitrogens with one attached hydrogen (secondary N) is 2. The van der Waals surface area contributed by atoms with Crippen LogP contribution in [-0.2, 0) is 6.54 Å². The minimum atomic E-state index is -2.92. The number of rotatable bonds is 10. The Morgan fingerprint density at radius 3 is 2.66 bits per heavy atom. The lowest BCUT2D eigenvalue weighted by atomic mass is 10.1. The number of aliphatic imine (C=N–C) groups is 1. The molecule has 0 saturated carbocycles. The maximum absolute atomic E-state index is 12.8. The third kappa shape index (κ3) is 6.62. The van der Waals surface area contributed by atoms with Crippen LogP contribution < -0.4 is 24.8 Å². The van der Waals surface area contributed by atoms with Gasteiger partial charge in [0.25, 0.3) is 0 Å². The summed E-state index contributed by atoms with van der Waals surface area (Å²) in [7, 11) is 0. The first-order valence-electron chi connectivity index (χ1n) is 10.3. The molecule has 0 unspecified atom stereocenters. The van der Waals surface area contributed by atoms with Crippen LogP contribution in [-0.4, -0.2) is 57.0 Å². The second-order valence-electron chi connectivity index (χ2n) is 7.07. The van der Waals surface area contributed by atoms with Gasteiger partial charge in [0.05, 0.1) is 6.54 Å². The fraction of sp³-hybridized carbons (Fsp3) is 0.650. The highest BCUT2D eigenvalue weighted by molar-refractivity contribution is 5.79. The molecule has 2 heterocycles. The Hall–Kier alpha value is -2.29. The maximum Gasteiger partial charge on any atom is 0.387 e. The lowest BCUT2D eigenvalue weighted by Crippen LogP contribution is -2.38. The fourth-order valence-electron chi connectivity index (χ4n) is 3.47. The van der Waals surface area contributed by atoms with Crippen molar-refractivity contribution in [3.63, 3.8) is 0 Å². The second kappa shape index (κ2) is 11.0. The van der Waals surface area contributed by atoms with Crippen LogP contribution in [0.1, 0.15) is 38.2 Å². The van der Waals surface area contributed by atoms with Crippen LogP contribution in [0.2, 0.25) is 0 Å². The molecule has 0 aliphatic carbocycles. The molecule has 3 rings (SSSR count). The van der Waals surface area contributed by atoms with Gasteiger partial charge >= 0.3 is 6.61 Å². The van der Waals surface area contributed by atoms with Gasteiger partial charge in [0.1, 0.15) is 5.75 Å². The first-order chi connectivity index (χ1) is 14.2. The van der Waals surface area contributed by atoms with E-state index in [1.807, 2.05) is 6.92 Å². The van der Waals surface area contributed by atoms with E-state index >= 15 is 0 Å². The van der Waals surface area contributed by atoms with E-state index in [4.69, 9.17) is 9.47 Å². The van der Waals surface area contributed by atoms with Crippen LogP contribution in [0.25, 0.3) is 0 Å². The van der Waals surface area contributed by atoms with Crippen molar-refractivity contribution < 1.29 is 23.0 Å². The molecule has 1 aromatic rings. The van der Waals surface area contributed by atoms with E-state index in [0.717, 1.165) is 25.9 Å². The molecule has 29 heavy (non-hydrogen) atoms. The number of nitrogens with zero attached hydrogens (tertiary/aromatic N) is 2. The number of unbranched alkanes of at least 4 members (excludes halogenated alkanes) is 1. The van der Waals surface area contributed by atoms with Crippen LogP contribution in [0.15, 0.2) is 17.1 Å². The summed E-state index contributed by atoms with van der Waals surface area (Å²) in [4.78, 5) is 7.02. The van der Waals surface area contributed by atoms with E-state index in [0.29, 0.717) is 29.6 Å². The van der Waals surface area contributed by atoms with Crippen LogP contribution in [0.5, 0.6) is 17.2 Å². The SMILES string of the molecule is CCNC(=NCc1cc2c(cc1OC(F)F)OCO2)NCCCCN1CCCC1. The van der Waals surface area contributed by atoms with E-state index < -0.39 is 6.61 Å². The lowest BCUT2D eigenvalue weighted by molar-refractivity contribution is -0.0505. The highest BCUT2D eigenvalue weighted by Crippen LogP contribution is 2.39. The highest BCUT2D eigenvalue weighted by atomic mass is 19.3. The minimum absolute atomic E-state index is 0.0504. The molecule has 9 heteroatoms. The number of ether oxygens (including phenoxy) is 3. The zero-order chi connectivity index (χ0) is 20.5. The summed E-state index contributed by atoms with van der Waals surface area (Å²) in [5.41, 5.74) is 0.515. The van der Waals surface area contributed by atoms with Gasteiger partial charge in [-0.15, -0.1) is 0 Å². The molecule has 2 aliphatic rings. The standard InChI is InChI=1S/C20H30F2N4O3/c1-2-23-20(24-7-3-4-8-26-9-5-6-10-26)25-13-15-11-17-18(28-14-27-17)12-16(15)29-19(21)22/h11-12,19H,2-10,13-14H2,1H3,(H2,23,24,25). The van der Waals surface area contributed by atoms with Gasteiger partial charge in [-0.05, 0) is 58.3 Å². The van der Waals surface area contributed by atoms with E-state index in [2.05, 4.69) is 25.3 Å². The molecular weight excluding hydrogens is 382 g/mol. The largest absolute Gasteiger partial charge is 0.454 e. The Balaban J connectivity index is 1.54. The van der Waals surface area contributed by atoms with Gasteiger partial charge in [0.15, 0.2) is 17.5 Å². The van der Waals surface area contributed by atoms with Crippen molar-refractivity contribution in [2.75, 3.05) is 39.5 Å². The Bertz CT molecular complexity index is 682. The summed E-state index contributed by atoms with van der Waals surface area (Å²) in [6.07, 6.45) is 4.81. The van der Waals surface area contributed by atoms with Crippen molar-refractivity contribution in [3.8, 4) is 17.2 Å². The van der Waals surface area contributed by atoms with Gasteiger partial charge in [-0.3, -0.25) is 0 Å². The van der Waals surface area contributed by atoms with Crippen LogP contribution in [0.3, 0.4) is 0 Å². The summed E-state index contributed by atoms with van der Waals surface area (Å²) < 4.78 is 40.8. The van der Waals surface area contributed by atoms with Gasteiger partial charge in [0, 0.05) is 24.7 Å². The van der Waals surface area contributed by atoms with Crippen LogP contribution in [0.4, 0.5) is 8.78 Å². The van der Waals surface area contributed by atoms with Crippen molar-refractivity contribution >= 4 is 5.96 Å². The molecule has 1 fully saturated rings. The van der Waals surface area contributed by atoms with Gasteiger partial charge in [-0.2, -0.15) is 8.78 Å². The number of fused-ring (bicyclic) bond motifs is 1. The lowest BCUT2D eigenvalue weighted by Gasteiger charge is -2.15. The predicted molar refractivity (Wildman–Crippen MR) is 107 cm³/mol. The number of guanidine groups is 1. The van der Waals surface area contributed by atoms with Crippen LogP contribution in [0, 0.1) is 0 Å². The zero-order valence-corrected chi connectivity index (χ0v) is 16.9. The number of alkyl halides is 2. The first kappa shape index (κ1) is 21.4. The van der Waals surface area contributed by atoms with Crippen molar-refractivity contribution in [1.29, 1.82) is 0 Å². The maximum atomic E-state index is 12.8. The fourth-order valence-corrected chi connectivity index (χ4v) is 3.47. The predicted octanol–water partition coefficient (Wildman–Crippen LogP) is 2.95. The molecule has 0 aromatic heterocycles. The number of halogens is 2. The molecular formula is C20H30F2N4O3.